The van der Waals surface area contributed by atoms with E-state index in [1.165, 1.54) is 12.3 Å². The van der Waals surface area contributed by atoms with Crippen molar-refractivity contribution in [2.75, 3.05) is 11.4 Å². The summed E-state index contributed by atoms with van der Waals surface area (Å²) >= 11 is 6.25. The first-order valence-corrected chi connectivity index (χ1v) is 12.7. The minimum Gasteiger partial charge on any atom is -0.476 e. The summed E-state index contributed by atoms with van der Waals surface area (Å²) in [5.41, 5.74) is -0.494. The molecule has 2 bridgehead atoms. The third-order valence-electron chi connectivity index (χ3n) is 6.88. The number of ether oxygens (including phenoxy) is 1. The van der Waals surface area contributed by atoms with E-state index in [4.69, 9.17) is 16.3 Å². The summed E-state index contributed by atoms with van der Waals surface area (Å²) in [6.45, 7) is 1.78. The number of halogens is 4. The number of rotatable bonds is 8. The number of pyridine rings is 1. The first-order valence-electron chi connectivity index (χ1n) is 12.3. The molecule has 38 heavy (non-hydrogen) atoms. The number of anilines is 1. The molecule has 0 spiro atoms. The number of fused-ring (bicyclic) bond motifs is 2. The van der Waals surface area contributed by atoms with Crippen LogP contribution in [0.5, 0.6) is 5.75 Å². The maximum atomic E-state index is 13.1. The Kier molecular flexibility index (Phi) is 8.08. The van der Waals surface area contributed by atoms with Crippen LogP contribution in [-0.2, 0) is 11.4 Å². The number of amides is 2. The smallest absolute Gasteiger partial charge is 0.405 e. The number of nitrogens with zero attached hydrogens (tertiary/aromatic N) is 2. The molecule has 8 nitrogen and oxygen atoms in total. The van der Waals surface area contributed by atoms with Gasteiger partial charge in [0, 0.05) is 24.3 Å². The van der Waals surface area contributed by atoms with Crippen LogP contribution >= 0.6 is 11.6 Å². The predicted molar refractivity (Wildman–Crippen MR) is 135 cm³/mol. The molecule has 12 heteroatoms. The van der Waals surface area contributed by atoms with E-state index in [1.807, 2.05) is 5.32 Å². The Morgan fingerprint density at radius 2 is 1.84 bits per heavy atom. The number of carbonyl (C=O) groups excluding carboxylic acids is 2. The number of aliphatic hydroxyl groups excluding tert-OH is 1. The van der Waals surface area contributed by atoms with Crippen molar-refractivity contribution < 1.29 is 32.6 Å². The summed E-state index contributed by atoms with van der Waals surface area (Å²) in [6, 6.07) is 8.20. The van der Waals surface area contributed by atoms with Gasteiger partial charge in [-0.15, -0.1) is 0 Å². The fraction of sp³-hybridized carbons (Fsp3) is 0.500. The van der Waals surface area contributed by atoms with Crippen molar-refractivity contribution >= 4 is 29.2 Å². The first-order chi connectivity index (χ1) is 17.9. The standard InChI is InChI=1S/C26H30ClF3N4O4/c1-25(2,38-21-7-3-15(13-35)9-20(21)27)24(37)33-17-10-18-5-6-19(11-17)34(18)22-8-4-16(12-31-22)23(36)32-14-26(28,29)30/h3-4,7-9,12,17-19,35H,5-6,10-11,13-14H2,1-2H3,(H,32,36)(H,33,37)/t17-,18+,19-. The van der Waals surface area contributed by atoms with E-state index < -0.39 is 24.2 Å². The highest BCUT2D eigenvalue weighted by atomic mass is 35.5. The third-order valence-corrected chi connectivity index (χ3v) is 7.18. The van der Waals surface area contributed by atoms with Crippen LogP contribution in [0.1, 0.15) is 55.5 Å². The number of aliphatic hydroxyl groups is 1. The molecule has 3 atom stereocenters. The highest BCUT2D eigenvalue weighted by Gasteiger charge is 2.43. The lowest BCUT2D eigenvalue weighted by Gasteiger charge is -2.40. The van der Waals surface area contributed by atoms with Gasteiger partial charge >= 0.3 is 6.18 Å². The molecule has 1 aromatic heterocycles. The Labute approximate surface area is 223 Å². The van der Waals surface area contributed by atoms with E-state index in [-0.39, 0.29) is 36.2 Å². The van der Waals surface area contributed by atoms with Gasteiger partial charge in [0.2, 0.25) is 0 Å². The molecule has 3 N–H and O–H groups in total. The summed E-state index contributed by atoms with van der Waals surface area (Å²) in [5, 5.41) is 14.5. The van der Waals surface area contributed by atoms with Crippen LogP contribution in [0.4, 0.5) is 19.0 Å². The van der Waals surface area contributed by atoms with E-state index in [9.17, 15) is 27.9 Å². The van der Waals surface area contributed by atoms with Gasteiger partial charge in [0.05, 0.1) is 17.2 Å². The van der Waals surface area contributed by atoms with E-state index in [2.05, 4.69) is 15.2 Å². The number of nitrogens with one attached hydrogen (secondary N) is 2. The molecule has 1 aromatic carbocycles. The normalized spacial score (nSPS) is 21.2. The van der Waals surface area contributed by atoms with Crippen LogP contribution in [0, 0.1) is 0 Å². The van der Waals surface area contributed by atoms with Crippen LogP contribution in [0.15, 0.2) is 36.5 Å². The quantitative estimate of drug-likeness (QED) is 0.456. The van der Waals surface area contributed by atoms with Crippen LogP contribution in [0.3, 0.4) is 0 Å². The summed E-state index contributed by atoms with van der Waals surface area (Å²) in [6.07, 6.45) is 0.0206. The number of aromatic nitrogens is 1. The van der Waals surface area contributed by atoms with Crippen molar-refractivity contribution in [2.24, 2.45) is 0 Å². The molecule has 0 radical (unpaired) electrons. The van der Waals surface area contributed by atoms with Gasteiger partial charge in [-0.2, -0.15) is 13.2 Å². The minimum absolute atomic E-state index is 0.0563. The van der Waals surface area contributed by atoms with Crippen molar-refractivity contribution in [1.82, 2.24) is 15.6 Å². The molecule has 0 aliphatic carbocycles. The van der Waals surface area contributed by atoms with Crippen molar-refractivity contribution in [3.8, 4) is 5.75 Å². The summed E-state index contributed by atoms with van der Waals surface area (Å²) in [7, 11) is 0. The molecular formula is C26H30ClF3N4O4. The summed E-state index contributed by atoms with van der Waals surface area (Å²) in [5.74, 6) is -0.106. The second-order valence-corrected chi connectivity index (χ2v) is 10.6. The lowest BCUT2D eigenvalue weighted by atomic mass is 9.96. The first kappa shape index (κ1) is 28.0. The maximum Gasteiger partial charge on any atom is 0.405 e. The van der Waals surface area contributed by atoms with Gasteiger partial charge in [-0.25, -0.2) is 4.98 Å². The fourth-order valence-corrected chi connectivity index (χ4v) is 5.27. The molecule has 2 aliphatic rings. The highest BCUT2D eigenvalue weighted by Crippen LogP contribution is 2.39. The Hall–Kier alpha value is -3.05. The zero-order valence-corrected chi connectivity index (χ0v) is 21.8. The maximum absolute atomic E-state index is 13.1. The molecule has 0 unspecified atom stereocenters. The Bertz CT molecular complexity index is 1160. The van der Waals surface area contributed by atoms with Crippen molar-refractivity contribution in [3.05, 3.63) is 52.7 Å². The molecule has 2 saturated heterocycles. The molecule has 2 aliphatic heterocycles. The number of hydrogen-bond donors (Lipinski definition) is 3. The van der Waals surface area contributed by atoms with E-state index >= 15 is 0 Å². The van der Waals surface area contributed by atoms with E-state index in [0.717, 1.165) is 12.8 Å². The largest absolute Gasteiger partial charge is 0.476 e. The number of hydrogen-bond acceptors (Lipinski definition) is 6. The van der Waals surface area contributed by atoms with E-state index in [1.54, 1.807) is 38.1 Å². The average Bonchev–Trinajstić information content (AvgIpc) is 3.13. The second kappa shape index (κ2) is 11.0. The monoisotopic (exact) mass is 554 g/mol. The molecule has 4 rings (SSSR count). The number of piperidine rings is 1. The predicted octanol–water partition coefficient (Wildman–Crippen LogP) is 3.99. The van der Waals surface area contributed by atoms with Crippen LogP contribution in [0.2, 0.25) is 5.02 Å². The van der Waals surface area contributed by atoms with Gasteiger partial charge in [0.15, 0.2) is 5.60 Å². The molecular weight excluding hydrogens is 525 g/mol. The topological polar surface area (TPSA) is 104 Å². The van der Waals surface area contributed by atoms with Crippen molar-refractivity contribution in [3.63, 3.8) is 0 Å². The molecule has 2 fully saturated rings. The fourth-order valence-electron chi connectivity index (χ4n) is 5.03. The average molecular weight is 555 g/mol. The van der Waals surface area contributed by atoms with Crippen LogP contribution < -0.4 is 20.3 Å². The Morgan fingerprint density at radius 3 is 2.39 bits per heavy atom. The van der Waals surface area contributed by atoms with Gasteiger partial charge in [0.1, 0.15) is 18.1 Å². The lowest BCUT2D eigenvalue weighted by molar-refractivity contribution is -0.135. The number of alkyl halides is 3. The Morgan fingerprint density at radius 1 is 1.16 bits per heavy atom. The lowest BCUT2D eigenvalue weighted by Crippen LogP contribution is -2.55. The van der Waals surface area contributed by atoms with Gasteiger partial charge in [-0.1, -0.05) is 17.7 Å². The third kappa shape index (κ3) is 6.50. The molecule has 2 amide bonds. The van der Waals surface area contributed by atoms with E-state index in [0.29, 0.717) is 35.0 Å². The van der Waals surface area contributed by atoms with Crippen LogP contribution in [0.25, 0.3) is 0 Å². The molecule has 0 saturated carbocycles. The zero-order valence-electron chi connectivity index (χ0n) is 21.0. The number of benzene rings is 1. The summed E-state index contributed by atoms with van der Waals surface area (Å²) in [4.78, 5) is 31.6. The molecule has 206 valence electrons. The molecule has 3 heterocycles. The van der Waals surface area contributed by atoms with Gasteiger partial charge in [0.25, 0.3) is 11.8 Å². The Balaban J connectivity index is 1.35. The molecule has 2 aromatic rings. The summed E-state index contributed by atoms with van der Waals surface area (Å²) < 4.78 is 43.0. The van der Waals surface area contributed by atoms with Crippen molar-refractivity contribution in [1.29, 1.82) is 0 Å². The van der Waals surface area contributed by atoms with Gasteiger partial charge < -0.3 is 25.4 Å². The SMILES string of the molecule is CC(C)(Oc1ccc(CO)cc1Cl)C(=O)N[C@H]1C[C@H]2CC[C@@H](C1)N2c1ccc(C(=O)NCC(F)(F)F)cn1. The second-order valence-electron chi connectivity index (χ2n) is 10.2. The van der Waals surface area contributed by atoms with Crippen molar-refractivity contribution in [2.45, 2.75) is 76.0 Å². The zero-order chi connectivity index (χ0) is 27.7. The highest BCUT2D eigenvalue weighted by molar-refractivity contribution is 6.32. The van der Waals surface area contributed by atoms with Crippen LogP contribution in [-0.4, -0.2) is 58.4 Å². The van der Waals surface area contributed by atoms with Gasteiger partial charge in [-0.05, 0) is 69.4 Å². The minimum atomic E-state index is -4.48. The van der Waals surface area contributed by atoms with Gasteiger partial charge in [-0.3, -0.25) is 9.59 Å². The number of carbonyl (C=O) groups is 2.